The van der Waals surface area contributed by atoms with E-state index in [0.29, 0.717) is 5.02 Å². The van der Waals surface area contributed by atoms with E-state index in [1.165, 1.54) is 4.88 Å². The molecule has 0 atom stereocenters. The van der Waals surface area contributed by atoms with Crippen LogP contribution in [0.2, 0.25) is 5.02 Å². The van der Waals surface area contributed by atoms with Gasteiger partial charge < -0.3 is 5.11 Å². The van der Waals surface area contributed by atoms with Crippen molar-refractivity contribution in [2.24, 2.45) is 0 Å². The summed E-state index contributed by atoms with van der Waals surface area (Å²) in [5.41, 5.74) is 0.953. The summed E-state index contributed by atoms with van der Waals surface area (Å²) in [7, 11) is 0. The quantitative estimate of drug-likeness (QED) is 0.696. The van der Waals surface area contributed by atoms with Gasteiger partial charge in [0.2, 0.25) is 0 Å². The van der Waals surface area contributed by atoms with E-state index < -0.39 is 0 Å². The summed E-state index contributed by atoms with van der Waals surface area (Å²) in [5, 5.41) is 12.2. The Balaban J connectivity index is 1.94. The van der Waals surface area contributed by atoms with Crippen LogP contribution in [0.25, 0.3) is 0 Å². The van der Waals surface area contributed by atoms with E-state index >= 15 is 0 Å². The average Bonchev–Trinajstić information content (AvgIpc) is 2.84. The van der Waals surface area contributed by atoms with Gasteiger partial charge in [-0.15, -0.1) is 23.1 Å². The van der Waals surface area contributed by atoms with Crippen molar-refractivity contribution in [2.45, 2.75) is 10.8 Å². The van der Waals surface area contributed by atoms with E-state index in [2.05, 4.69) is 16.8 Å². The molecule has 0 saturated carbocycles. The molecular weight excluding hydrogens is 286 g/mol. The molecule has 2 rings (SSSR count). The normalized spacial score (nSPS) is 9.89. The third-order valence-corrected chi connectivity index (χ3v) is 4.36. The number of hydrogen-bond acceptors (Lipinski definition) is 4. The molecule has 0 aliphatic heterocycles. The Labute approximate surface area is 119 Å². The number of rotatable bonds is 3. The predicted molar refractivity (Wildman–Crippen MR) is 77.1 cm³/mol. The summed E-state index contributed by atoms with van der Waals surface area (Å²) in [4.78, 5) is 5.46. The van der Waals surface area contributed by atoms with Gasteiger partial charge in [-0.1, -0.05) is 23.4 Å². The van der Waals surface area contributed by atoms with Crippen LogP contribution in [0.4, 0.5) is 0 Å². The highest BCUT2D eigenvalue weighted by Gasteiger charge is 2.01. The maximum absolute atomic E-state index is 8.62. The first-order chi connectivity index (χ1) is 8.78. The number of nitrogens with zero attached hydrogens (tertiary/aromatic N) is 1. The Morgan fingerprint density at radius 1 is 1.44 bits per heavy atom. The van der Waals surface area contributed by atoms with Crippen molar-refractivity contribution in [3.05, 3.63) is 45.2 Å². The Morgan fingerprint density at radius 3 is 3.06 bits per heavy atom. The zero-order valence-electron chi connectivity index (χ0n) is 9.39. The summed E-state index contributed by atoms with van der Waals surface area (Å²) in [6.45, 7) is -0.103. The third-order valence-electron chi connectivity index (χ3n) is 2.03. The molecule has 5 heteroatoms. The molecule has 0 aromatic carbocycles. The summed E-state index contributed by atoms with van der Waals surface area (Å²) in [6.07, 6.45) is 1.65. The zero-order chi connectivity index (χ0) is 12.8. The van der Waals surface area contributed by atoms with E-state index in [4.69, 9.17) is 16.7 Å². The minimum absolute atomic E-state index is 0.103. The fourth-order valence-corrected chi connectivity index (χ4v) is 3.08. The molecule has 0 radical (unpaired) electrons. The van der Waals surface area contributed by atoms with Gasteiger partial charge in [0.05, 0.1) is 10.0 Å². The second-order valence-corrected chi connectivity index (χ2v) is 5.79. The SMILES string of the molecule is OCC#Cc1csc(CSc2ccc(Cl)cn2)c1. The molecule has 0 saturated heterocycles. The van der Waals surface area contributed by atoms with Crippen molar-refractivity contribution in [1.82, 2.24) is 4.98 Å². The van der Waals surface area contributed by atoms with Crippen molar-refractivity contribution in [1.29, 1.82) is 0 Å². The number of pyridine rings is 1. The molecule has 2 nitrogen and oxygen atoms in total. The van der Waals surface area contributed by atoms with Crippen LogP contribution in [0, 0.1) is 11.8 Å². The van der Waals surface area contributed by atoms with E-state index in [1.807, 2.05) is 23.6 Å². The molecule has 0 bridgehead atoms. The van der Waals surface area contributed by atoms with Crippen LogP contribution >= 0.6 is 34.7 Å². The second kappa shape index (κ2) is 6.81. The molecule has 0 fully saturated rings. The fourth-order valence-electron chi connectivity index (χ4n) is 1.26. The van der Waals surface area contributed by atoms with Gasteiger partial charge in [-0.2, -0.15) is 0 Å². The molecule has 1 N–H and O–H groups in total. The molecule has 2 aromatic heterocycles. The van der Waals surface area contributed by atoms with Crippen molar-refractivity contribution >= 4 is 34.7 Å². The minimum Gasteiger partial charge on any atom is -0.384 e. The van der Waals surface area contributed by atoms with Gasteiger partial charge in [0.1, 0.15) is 6.61 Å². The lowest BCUT2D eigenvalue weighted by atomic mass is 10.3. The molecule has 0 aliphatic rings. The number of hydrogen-bond donors (Lipinski definition) is 1. The van der Waals surface area contributed by atoms with Crippen molar-refractivity contribution < 1.29 is 5.11 Å². The standard InChI is InChI=1S/C13H10ClNOS2/c14-11-3-4-13(15-7-11)18-9-12-6-10(8-17-12)2-1-5-16/h3-4,6-8,16H,5,9H2. The Bertz CT molecular complexity index is 569. The topological polar surface area (TPSA) is 33.1 Å². The second-order valence-electron chi connectivity index (χ2n) is 3.36. The molecule has 0 unspecified atom stereocenters. The molecule has 92 valence electrons. The zero-order valence-corrected chi connectivity index (χ0v) is 11.8. The van der Waals surface area contributed by atoms with E-state index in [1.54, 1.807) is 29.3 Å². The number of thiophene rings is 1. The molecule has 2 aromatic rings. The number of aliphatic hydroxyl groups is 1. The number of aromatic nitrogens is 1. The largest absolute Gasteiger partial charge is 0.384 e. The predicted octanol–water partition coefficient (Wildman–Crippen LogP) is 3.43. The van der Waals surface area contributed by atoms with Crippen LogP contribution in [0.15, 0.2) is 34.8 Å². The van der Waals surface area contributed by atoms with Gasteiger partial charge in [0, 0.05) is 27.8 Å². The maximum atomic E-state index is 8.62. The van der Waals surface area contributed by atoms with E-state index in [0.717, 1.165) is 16.3 Å². The highest BCUT2D eigenvalue weighted by molar-refractivity contribution is 7.98. The average molecular weight is 296 g/mol. The minimum atomic E-state index is -0.103. The Kier molecular flexibility index (Phi) is 5.09. The van der Waals surface area contributed by atoms with Crippen LogP contribution in [-0.4, -0.2) is 16.7 Å². The first kappa shape index (κ1) is 13.4. The molecule has 18 heavy (non-hydrogen) atoms. The van der Waals surface area contributed by atoms with Crippen LogP contribution in [0.3, 0.4) is 0 Å². The van der Waals surface area contributed by atoms with Crippen molar-refractivity contribution in [3.63, 3.8) is 0 Å². The molecule has 0 spiro atoms. The van der Waals surface area contributed by atoms with Gasteiger partial charge in [-0.05, 0) is 18.2 Å². The van der Waals surface area contributed by atoms with Gasteiger partial charge in [0.25, 0.3) is 0 Å². The van der Waals surface area contributed by atoms with E-state index in [9.17, 15) is 0 Å². The lowest BCUT2D eigenvalue weighted by molar-refractivity contribution is 0.350. The maximum Gasteiger partial charge on any atom is 0.104 e. The fraction of sp³-hybridized carbons (Fsp3) is 0.154. The molecule has 2 heterocycles. The van der Waals surface area contributed by atoms with Crippen LogP contribution in [-0.2, 0) is 5.75 Å². The first-order valence-corrected chi connectivity index (χ1v) is 7.44. The van der Waals surface area contributed by atoms with Crippen LogP contribution in [0.1, 0.15) is 10.4 Å². The first-order valence-electron chi connectivity index (χ1n) is 5.19. The number of thioether (sulfide) groups is 1. The highest BCUT2D eigenvalue weighted by Crippen LogP contribution is 2.25. The van der Waals surface area contributed by atoms with Gasteiger partial charge in [-0.3, -0.25) is 0 Å². The van der Waals surface area contributed by atoms with Gasteiger partial charge >= 0.3 is 0 Å². The monoisotopic (exact) mass is 295 g/mol. The highest BCUT2D eigenvalue weighted by atomic mass is 35.5. The molecule has 0 amide bonds. The van der Waals surface area contributed by atoms with Gasteiger partial charge in [-0.25, -0.2) is 4.98 Å². The number of halogens is 1. The lowest BCUT2D eigenvalue weighted by Crippen LogP contribution is -1.79. The van der Waals surface area contributed by atoms with E-state index in [-0.39, 0.29) is 6.61 Å². The smallest absolute Gasteiger partial charge is 0.104 e. The molecular formula is C13H10ClNOS2. The molecule has 0 aliphatic carbocycles. The Morgan fingerprint density at radius 2 is 2.33 bits per heavy atom. The van der Waals surface area contributed by atoms with Crippen LogP contribution < -0.4 is 0 Å². The summed E-state index contributed by atoms with van der Waals surface area (Å²) >= 11 is 9.10. The van der Waals surface area contributed by atoms with Crippen molar-refractivity contribution in [2.75, 3.05) is 6.61 Å². The summed E-state index contributed by atoms with van der Waals surface area (Å²) in [6, 6.07) is 5.78. The summed E-state index contributed by atoms with van der Waals surface area (Å²) < 4.78 is 0. The Hall–Kier alpha value is -0.990. The summed E-state index contributed by atoms with van der Waals surface area (Å²) in [5.74, 6) is 6.39. The van der Waals surface area contributed by atoms with Gasteiger partial charge in [0.15, 0.2) is 0 Å². The number of aliphatic hydroxyl groups excluding tert-OH is 1. The van der Waals surface area contributed by atoms with Crippen molar-refractivity contribution in [3.8, 4) is 11.8 Å². The third kappa shape index (κ3) is 4.04. The van der Waals surface area contributed by atoms with Crippen LogP contribution in [0.5, 0.6) is 0 Å². The lowest BCUT2D eigenvalue weighted by Gasteiger charge is -1.98.